The minimum atomic E-state index is 0. The van der Waals surface area contributed by atoms with Crippen molar-refractivity contribution in [3.05, 3.63) is 59.9 Å². The maximum Gasteiger partial charge on any atom is 0.0969 e. The fourth-order valence-electron chi connectivity index (χ4n) is 2.46. The third kappa shape index (κ3) is 4.26. The van der Waals surface area contributed by atoms with Gasteiger partial charge in [-0.2, -0.15) is 0 Å². The molecule has 0 aliphatic carbocycles. The Morgan fingerprint density at radius 2 is 1.86 bits per heavy atom. The van der Waals surface area contributed by atoms with Crippen molar-refractivity contribution in [2.24, 2.45) is 0 Å². The van der Waals surface area contributed by atoms with Crippen molar-refractivity contribution in [3.8, 4) is 0 Å². The number of nitrogens with zero attached hydrogens (tertiary/aromatic N) is 2. The molecule has 1 N–H and O–H groups in total. The zero-order chi connectivity index (χ0) is 13.1. The molecule has 1 atom stereocenters. The van der Waals surface area contributed by atoms with Crippen LogP contribution in [0.3, 0.4) is 0 Å². The molecule has 0 saturated heterocycles. The zero-order valence-electron chi connectivity index (χ0n) is 11.7. The predicted molar refractivity (Wildman–Crippen MR) is 95.1 cm³/mol. The van der Waals surface area contributed by atoms with E-state index in [2.05, 4.69) is 39.7 Å². The Hall–Kier alpha value is -0.950. The highest BCUT2D eigenvalue weighted by Crippen LogP contribution is 2.28. The lowest BCUT2D eigenvalue weighted by Crippen LogP contribution is -2.38. The number of hydrogen-bond donors (Lipinski definition) is 1. The number of hydrogen-bond acceptors (Lipinski definition) is 4. The molecule has 0 bridgehead atoms. The monoisotopic (exact) mass is 415 g/mol. The van der Waals surface area contributed by atoms with Gasteiger partial charge in [-0.3, -0.25) is 4.98 Å². The van der Waals surface area contributed by atoms with Crippen molar-refractivity contribution in [1.29, 1.82) is 0 Å². The van der Waals surface area contributed by atoms with Gasteiger partial charge in [0.2, 0.25) is 0 Å². The van der Waals surface area contributed by atoms with E-state index < -0.39 is 0 Å². The molecular formula is C15H19Br2N3O. The average molecular weight is 417 g/mol. The van der Waals surface area contributed by atoms with Crippen molar-refractivity contribution < 1.29 is 4.74 Å². The molecule has 2 heterocycles. The van der Waals surface area contributed by atoms with Crippen molar-refractivity contribution in [2.45, 2.75) is 12.6 Å². The molecular weight excluding hydrogens is 398 g/mol. The van der Waals surface area contributed by atoms with E-state index in [0.717, 1.165) is 18.8 Å². The molecule has 2 aromatic rings. The Labute approximate surface area is 146 Å². The molecule has 1 aromatic carbocycles. The highest BCUT2D eigenvalue weighted by molar-refractivity contribution is 8.93. The first-order chi connectivity index (χ1) is 9.36. The summed E-state index contributed by atoms with van der Waals surface area (Å²) in [5, 5.41) is 2.17. The minimum absolute atomic E-state index is 0. The smallest absolute Gasteiger partial charge is 0.0969 e. The predicted octanol–water partition coefficient (Wildman–Crippen LogP) is 3.77. The SMILES string of the molecule is Br.Br.COC1CN(Nc2ccncc2)Cc2ccccc21. The molecule has 1 aromatic heterocycles. The topological polar surface area (TPSA) is 37.4 Å². The number of benzene rings is 1. The summed E-state index contributed by atoms with van der Waals surface area (Å²) in [5.74, 6) is 0. The van der Waals surface area contributed by atoms with Gasteiger partial charge < -0.3 is 10.2 Å². The van der Waals surface area contributed by atoms with E-state index in [9.17, 15) is 0 Å². The molecule has 0 spiro atoms. The Bertz CT molecular complexity index is 554. The van der Waals surface area contributed by atoms with Crippen LogP contribution in [0.5, 0.6) is 0 Å². The first kappa shape index (κ1) is 18.1. The normalized spacial score (nSPS) is 17.1. The lowest BCUT2D eigenvalue weighted by Gasteiger charge is -2.34. The summed E-state index contributed by atoms with van der Waals surface area (Å²) in [4.78, 5) is 4.02. The second-order valence-corrected chi connectivity index (χ2v) is 4.65. The molecule has 114 valence electrons. The van der Waals surface area contributed by atoms with Crippen LogP contribution in [0, 0.1) is 0 Å². The van der Waals surface area contributed by atoms with Crippen molar-refractivity contribution >= 4 is 39.7 Å². The molecule has 1 aliphatic rings. The van der Waals surface area contributed by atoms with Gasteiger partial charge >= 0.3 is 0 Å². The van der Waals surface area contributed by atoms with Crippen LogP contribution in [0.15, 0.2) is 48.8 Å². The first-order valence-corrected chi connectivity index (χ1v) is 6.39. The number of hydrazine groups is 1. The molecule has 4 nitrogen and oxygen atoms in total. The van der Waals surface area contributed by atoms with Gasteiger partial charge in [-0.25, -0.2) is 5.01 Å². The number of fused-ring (bicyclic) bond motifs is 1. The summed E-state index contributed by atoms with van der Waals surface area (Å²) < 4.78 is 5.59. The number of pyridine rings is 1. The van der Waals surface area contributed by atoms with E-state index in [-0.39, 0.29) is 40.1 Å². The van der Waals surface area contributed by atoms with Gasteiger partial charge in [0.15, 0.2) is 0 Å². The van der Waals surface area contributed by atoms with E-state index in [1.54, 1.807) is 19.5 Å². The van der Waals surface area contributed by atoms with E-state index in [0.29, 0.717) is 0 Å². The third-order valence-electron chi connectivity index (χ3n) is 3.40. The van der Waals surface area contributed by atoms with Gasteiger partial charge in [0.25, 0.3) is 0 Å². The largest absolute Gasteiger partial charge is 0.375 e. The van der Waals surface area contributed by atoms with Crippen LogP contribution in [-0.2, 0) is 11.3 Å². The second-order valence-electron chi connectivity index (χ2n) is 4.65. The maximum atomic E-state index is 5.59. The number of anilines is 1. The lowest BCUT2D eigenvalue weighted by molar-refractivity contribution is 0.0573. The van der Waals surface area contributed by atoms with Gasteiger partial charge in [0, 0.05) is 32.6 Å². The molecule has 0 fully saturated rings. The fraction of sp³-hybridized carbons (Fsp3) is 0.267. The number of aromatic nitrogens is 1. The van der Waals surface area contributed by atoms with Crippen LogP contribution in [0.1, 0.15) is 17.2 Å². The zero-order valence-corrected chi connectivity index (χ0v) is 15.2. The summed E-state index contributed by atoms with van der Waals surface area (Å²) in [7, 11) is 1.76. The molecule has 1 aliphatic heterocycles. The molecule has 0 radical (unpaired) electrons. The molecule has 21 heavy (non-hydrogen) atoms. The van der Waals surface area contributed by atoms with Gasteiger partial charge in [0.05, 0.1) is 11.8 Å². The Morgan fingerprint density at radius 1 is 1.14 bits per heavy atom. The summed E-state index contributed by atoms with van der Waals surface area (Å²) in [6.45, 7) is 1.70. The first-order valence-electron chi connectivity index (χ1n) is 6.39. The number of methoxy groups -OCH3 is 1. The number of halogens is 2. The van der Waals surface area contributed by atoms with Crippen molar-refractivity contribution in [3.63, 3.8) is 0 Å². The summed E-state index contributed by atoms with van der Waals surface area (Å²) in [6.07, 6.45) is 3.68. The van der Waals surface area contributed by atoms with Gasteiger partial charge in [-0.15, -0.1) is 34.0 Å². The second kappa shape index (κ2) is 8.48. The number of rotatable bonds is 3. The van der Waals surface area contributed by atoms with Gasteiger partial charge in [-0.05, 0) is 23.3 Å². The fourth-order valence-corrected chi connectivity index (χ4v) is 2.46. The van der Waals surface area contributed by atoms with Crippen molar-refractivity contribution in [1.82, 2.24) is 9.99 Å². The number of ether oxygens (including phenoxy) is 1. The standard InChI is InChI=1S/C15H17N3O.2BrH/c1-19-15-11-18(17-13-6-8-16-9-7-13)10-12-4-2-3-5-14(12)15;;/h2-9,15H,10-11H2,1H3,(H,16,17);2*1H. The third-order valence-corrected chi connectivity index (χ3v) is 3.40. The summed E-state index contributed by atoms with van der Waals surface area (Å²) in [6, 6.07) is 12.4. The van der Waals surface area contributed by atoms with E-state index in [4.69, 9.17) is 4.74 Å². The molecule has 3 rings (SSSR count). The van der Waals surface area contributed by atoms with Gasteiger partial charge in [-0.1, -0.05) is 24.3 Å². The number of nitrogens with one attached hydrogen (secondary N) is 1. The highest BCUT2D eigenvalue weighted by Gasteiger charge is 2.24. The average Bonchev–Trinajstić information content (AvgIpc) is 2.47. The molecule has 0 saturated carbocycles. The highest BCUT2D eigenvalue weighted by atomic mass is 79.9. The van der Waals surface area contributed by atoms with Crippen LogP contribution >= 0.6 is 34.0 Å². The molecule has 0 amide bonds. The van der Waals surface area contributed by atoms with E-state index in [1.165, 1.54) is 11.1 Å². The lowest BCUT2D eigenvalue weighted by atomic mass is 9.98. The van der Waals surface area contributed by atoms with E-state index in [1.807, 2.05) is 12.1 Å². The van der Waals surface area contributed by atoms with Crippen LogP contribution in [-0.4, -0.2) is 23.6 Å². The van der Waals surface area contributed by atoms with Crippen molar-refractivity contribution in [2.75, 3.05) is 19.1 Å². The Balaban J connectivity index is 0.00000110. The quantitative estimate of drug-likeness (QED) is 0.826. The van der Waals surface area contributed by atoms with Crippen LogP contribution in [0.25, 0.3) is 0 Å². The summed E-state index contributed by atoms with van der Waals surface area (Å²) in [5.41, 5.74) is 7.04. The molecule has 6 heteroatoms. The van der Waals surface area contributed by atoms with E-state index >= 15 is 0 Å². The Kier molecular flexibility index (Phi) is 7.31. The summed E-state index contributed by atoms with van der Waals surface area (Å²) >= 11 is 0. The minimum Gasteiger partial charge on any atom is -0.375 e. The Morgan fingerprint density at radius 3 is 2.57 bits per heavy atom. The van der Waals surface area contributed by atoms with Crippen LogP contribution in [0.4, 0.5) is 5.69 Å². The molecule has 1 unspecified atom stereocenters. The van der Waals surface area contributed by atoms with Crippen LogP contribution < -0.4 is 5.43 Å². The maximum absolute atomic E-state index is 5.59. The van der Waals surface area contributed by atoms with Crippen LogP contribution in [0.2, 0.25) is 0 Å². The van der Waals surface area contributed by atoms with Gasteiger partial charge in [0.1, 0.15) is 0 Å².